The van der Waals surface area contributed by atoms with Gasteiger partial charge in [-0.3, -0.25) is 0 Å². The molecule has 0 radical (unpaired) electrons. The topological polar surface area (TPSA) is 119 Å². The number of ether oxygens (including phenoxy) is 1. The first-order chi connectivity index (χ1) is 11.7. The number of hydrogen-bond donors (Lipinski definition) is 4. The van der Waals surface area contributed by atoms with Gasteiger partial charge in [0.05, 0.1) is 17.0 Å². The van der Waals surface area contributed by atoms with Crippen molar-refractivity contribution < 1.29 is 9.84 Å². The Balaban J connectivity index is 2.01. The Morgan fingerprint density at radius 2 is 2.21 bits per heavy atom. The SMILES string of the molecule is NCCOc1cccc(O)c1-c1cc(C2CCCNC2)nc(N)n1. The van der Waals surface area contributed by atoms with Gasteiger partial charge in [-0.2, -0.15) is 0 Å². The van der Waals surface area contributed by atoms with E-state index < -0.39 is 0 Å². The second-order valence-electron chi connectivity index (χ2n) is 5.87. The second-order valence-corrected chi connectivity index (χ2v) is 5.87. The maximum atomic E-state index is 10.3. The molecule has 0 spiro atoms. The minimum Gasteiger partial charge on any atom is -0.507 e. The number of nitrogen functional groups attached to an aromatic ring is 1. The van der Waals surface area contributed by atoms with Crippen molar-refractivity contribution in [2.24, 2.45) is 5.73 Å². The molecule has 1 aliphatic rings. The molecule has 1 saturated heterocycles. The highest BCUT2D eigenvalue weighted by molar-refractivity contribution is 5.74. The lowest BCUT2D eigenvalue weighted by Crippen LogP contribution is -2.29. The summed E-state index contributed by atoms with van der Waals surface area (Å²) in [7, 11) is 0. The number of piperidine rings is 1. The number of phenolic OH excluding ortho intramolecular Hbond substituents is 1. The first kappa shape index (κ1) is 16.5. The fourth-order valence-electron chi connectivity index (χ4n) is 2.99. The van der Waals surface area contributed by atoms with E-state index >= 15 is 0 Å². The fourth-order valence-corrected chi connectivity index (χ4v) is 2.99. The number of anilines is 1. The Hall–Kier alpha value is -2.38. The highest BCUT2D eigenvalue weighted by Crippen LogP contribution is 2.38. The van der Waals surface area contributed by atoms with Crippen LogP contribution in [0.3, 0.4) is 0 Å². The third-order valence-corrected chi connectivity index (χ3v) is 4.11. The lowest BCUT2D eigenvalue weighted by molar-refractivity contribution is 0.327. The number of hydrogen-bond acceptors (Lipinski definition) is 7. The standard InChI is InChI=1S/C17H23N5O2/c18-6-8-24-15-5-1-4-14(23)16(15)13-9-12(21-17(19)22-13)11-3-2-7-20-10-11/h1,4-5,9,11,20,23H,2-3,6-8,10,18H2,(H2,19,21,22). The van der Waals surface area contributed by atoms with Gasteiger partial charge in [-0.15, -0.1) is 0 Å². The largest absolute Gasteiger partial charge is 0.507 e. The first-order valence-electron chi connectivity index (χ1n) is 8.19. The molecule has 0 aliphatic carbocycles. The lowest BCUT2D eigenvalue weighted by Gasteiger charge is -2.23. The maximum Gasteiger partial charge on any atom is 0.220 e. The molecular weight excluding hydrogens is 306 g/mol. The number of aromatic hydroxyl groups is 1. The number of rotatable bonds is 5. The molecule has 2 heterocycles. The van der Waals surface area contributed by atoms with E-state index in [-0.39, 0.29) is 11.7 Å². The van der Waals surface area contributed by atoms with Crippen molar-refractivity contribution >= 4 is 5.95 Å². The van der Waals surface area contributed by atoms with Gasteiger partial charge < -0.3 is 26.6 Å². The Labute approximate surface area is 141 Å². The normalized spacial score (nSPS) is 17.6. The van der Waals surface area contributed by atoms with E-state index in [1.807, 2.05) is 6.07 Å². The monoisotopic (exact) mass is 329 g/mol. The van der Waals surface area contributed by atoms with Gasteiger partial charge in [-0.05, 0) is 37.6 Å². The van der Waals surface area contributed by atoms with Crippen LogP contribution >= 0.6 is 0 Å². The van der Waals surface area contributed by atoms with E-state index in [0.29, 0.717) is 36.1 Å². The van der Waals surface area contributed by atoms with Crippen LogP contribution in [-0.4, -0.2) is 41.3 Å². The van der Waals surface area contributed by atoms with Gasteiger partial charge in [0.15, 0.2) is 0 Å². The van der Waals surface area contributed by atoms with Crippen molar-refractivity contribution in [2.75, 3.05) is 32.0 Å². The molecule has 7 heteroatoms. The van der Waals surface area contributed by atoms with E-state index in [4.69, 9.17) is 16.2 Å². The van der Waals surface area contributed by atoms with Crippen LogP contribution in [0.15, 0.2) is 24.3 Å². The van der Waals surface area contributed by atoms with Gasteiger partial charge in [0, 0.05) is 19.0 Å². The van der Waals surface area contributed by atoms with Gasteiger partial charge in [0.1, 0.15) is 18.1 Å². The molecule has 1 unspecified atom stereocenters. The number of nitrogens with zero attached hydrogens (tertiary/aromatic N) is 2. The molecule has 7 nitrogen and oxygen atoms in total. The van der Waals surface area contributed by atoms with E-state index in [1.54, 1.807) is 18.2 Å². The zero-order valence-corrected chi connectivity index (χ0v) is 13.5. The maximum absolute atomic E-state index is 10.3. The summed E-state index contributed by atoms with van der Waals surface area (Å²) in [6.45, 7) is 2.64. The van der Waals surface area contributed by atoms with Crippen LogP contribution in [0.1, 0.15) is 24.5 Å². The summed E-state index contributed by atoms with van der Waals surface area (Å²) < 4.78 is 5.65. The summed E-state index contributed by atoms with van der Waals surface area (Å²) in [4.78, 5) is 8.69. The fraction of sp³-hybridized carbons (Fsp3) is 0.412. The highest BCUT2D eigenvalue weighted by Gasteiger charge is 2.20. The van der Waals surface area contributed by atoms with Gasteiger partial charge in [-0.1, -0.05) is 6.07 Å². The Morgan fingerprint density at radius 1 is 1.33 bits per heavy atom. The van der Waals surface area contributed by atoms with Crippen molar-refractivity contribution in [3.63, 3.8) is 0 Å². The number of nitrogens with one attached hydrogen (secondary N) is 1. The van der Waals surface area contributed by atoms with Crippen LogP contribution in [0, 0.1) is 0 Å². The van der Waals surface area contributed by atoms with E-state index in [0.717, 1.165) is 31.6 Å². The lowest BCUT2D eigenvalue weighted by atomic mass is 9.95. The van der Waals surface area contributed by atoms with Crippen LogP contribution in [0.25, 0.3) is 11.3 Å². The number of phenols is 1. The average molecular weight is 329 g/mol. The van der Waals surface area contributed by atoms with E-state index in [1.165, 1.54) is 0 Å². The highest BCUT2D eigenvalue weighted by atomic mass is 16.5. The number of aromatic nitrogens is 2. The quantitative estimate of drug-likeness (QED) is 0.651. The van der Waals surface area contributed by atoms with Crippen molar-refractivity contribution in [3.05, 3.63) is 30.0 Å². The van der Waals surface area contributed by atoms with Crippen molar-refractivity contribution in [1.82, 2.24) is 15.3 Å². The second kappa shape index (κ2) is 7.46. The Morgan fingerprint density at radius 3 is 2.96 bits per heavy atom. The zero-order chi connectivity index (χ0) is 16.9. The minimum atomic E-state index is 0.0929. The average Bonchev–Trinajstić information content (AvgIpc) is 2.60. The van der Waals surface area contributed by atoms with Crippen molar-refractivity contribution in [1.29, 1.82) is 0 Å². The van der Waals surface area contributed by atoms with Crippen LogP contribution < -0.4 is 21.5 Å². The molecule has 1 fully saturated rings. The van der Waals surface area contributed by atoms with Crippen LogP contribution in [0.2, 0.25) is 0 Å². The Kier molecular flexibility index (Phi) is 5.12. The van der Waals surface area contributed by atoms with Crippen LogP contribution in [0.5, 0.6) is 11.5 Å². The summed E-state index contributed by atoms with van der Waals surface area (Å²) in [6.07, 6.45) is 2.16. The molecule has 0 bridgehead atoms. The third kappa shape index (κ3) is 3.58. The summed E-state index contributed by atoms with van der Waals surface area (Å²) in [5.74, 6) is 1.12. The predicted molar refractivity (Wildman–Crippen MR) is 92.9 cm³/mol. The smallest absolute Gasteiger partial charge is 0.220 e. The van der Waals surface area contributed by atoms with E-state index in [9.17, 15) is 5.11 Å². The summed E-state index contributed by atoms with van der Waals surface area (Å²) in [5.41, 5.74) is 13.4. The molecule has 0 saturated carbocycles. The molecule has 1 aliphatic heterocycles. The summed E-state index contributed by atoms with van der Waals surface area (Å²) in [6, 6.07) is 7.00. The third-order valence-electron chi connectivity index (χ3n) is 4.11. The Bertz CT molecular complexity index is 701. The molecular formula is C17H23N5O2. The van der Waals surface area contributed by atoms with Gasteiger partial charge >= 0.3 is 0 Å². The molecule has 0 amide bonds. The summed E-state index contributed by atoms with van der Waals surface area (Å²) in [5, 5.41) is 13.7. The zero-order valence-electron chi connectivity index (χ0n) is 13.5. The predicted octanol–water partition coefficient (Wildman–Crippen LogP) is 1.24. The molecule has 1 atom stereocenters. The minimum absolute atomic E-state index is 0.0929. The molecule has 6 N–H and O–H groups in total. The van der Waals surface area contributed by atoms with Crippen molar-refractivity contribution in [3.8, 4) is 22.8 Å². The van der Waals surface area contributed by atoms with Crippen LogP contribution in [-0.2, 0) is 0 Å². The molecule has 1 aromatic heterocycles. The van der Waals surface area contributed by atoms with Gasteiger partial charge in [0.25, 0.3) is 0 Å². The number of benzene rings is 1. The van der Waals surface area contributed by atoms with Gasteiger partial charge in [0.2, 0.25) is 5.95 Å². The van der Waals surface area contributed by atoms with Crippen molar-refractivity contribution in [2.45, 2.75) is 18.8 Å². The molecule has 24 heavy (non-hydrogen) atoms. The van der Waals surface area contributed by atoms with Crippen LogP contribution in [0.4, 0.5) is 5.95 Å². The first-order valence-corrected chi connectivity index (χ1v) is 8.19. The molecule has 3 rings (SSSR count). The van der Waals surface area contributed by atoms with E-state index in [2.05, 4.69) is 15.3 Å². The molecule has 2 aromatic rings. The van der Waals surface area contributed by atoms with Gasteiger partial charge in [-0.25, -0.2) is 9.97 Å². The molecule has 1 aromatic carbocycles. The molecule has 128 valence electrons. The number of nitrogens with two attached hydrogens (primary N) is 2. The summed E-state index contributed by atoms with van der Waals surface area (Å²) >= 11 is 0.